The minimum Gasteiger partial charge on any atom is -0.379 e. The lowest BCUT2D eigenvalue weighted by molar-refractivity contribution is -0.115. The molecule has 1 aliphatic heterocycles. The van der Waals surface area contributed by atoms with E-state index in [0.717, 1.165) is 66.7 Å². The molecular weight excluding hydrogens is 504 g/mol. The maximum absolute atomic E-state index is 13.0. The summed E-state index contributed by atoms with van der Waals surface area (Å²) in [5.41, 5.74) is 5.91. The third-order valence-corrected chi connectivity index (χ3v) is 7.94. The number of nitrogens with zero attached hydrogens (tertiary/aromatic N) is 3. The van der Waals surface area contributed by atoms with Gasteiger partial charge in [0.2, 0.25) is 5.91 Å². The molecule has 1 aromatic heterocycles. The van der Waals surface area contributed by atoms with Crippen LogP contribution in [0.2, 0.25) is 5.02 Å². The number of halogens is 1. The van der Waals surface area contributed by atoms with Gasteiger partial charge in [-0.2, -0.15) is 0 Å². The Morgan fingerprint density at radius 3 is 2.62 bits per heavy atom. The quantitative estimate of drug-likeness (QED) is 0.282. The number of ether oxygens (including phenoxy) is 1. The van der Waals surface area contributed by atoms with Crippen molar-refractivity contribution in [3.8, 4) is 5.69 Å². The Labute approximate surface area is 227 Å². The van der Waals surface area contributed by atoms with Gasteiger partial charge in [-0.25, -0.2) is 4.98 Å². The van der Waals surface area contributed by atoms with Gasteiger partial charge in [0.1, 0.15) is 0 Å². The molecule has 0 unspecified atom stereocenters. The van der Waals surface area contributed by atoms with E-state index in [1.807, 2.05) is 50.2 Å². The number of nitrogens with one attached hydrogen (secondary N) is 1. The predicted molar refractivity (Wildman–Crippen MR) is 152 cm³/mol. The number of fused-ring (bicyclic) bond motifs is 1. The molecule has 1 amide bonds. The maximum atomic E-state index is 13.0. The molecule has 4 aromatic rings. The number of benzene rings is 3. The molecule has 1 atom stereocenters. The van der Waals surface area contributed by atoms with Crippen molar-refractivity contribution >= 4 is 46.0 Å². The van der Waals surface area contributed by atoms with Crippen molar-refractivity contribution in [2.75, 3.05) is 38.2 Å². The molecule has 0 bridgehead atoms. The van der Waals surface area contributed by atoms with Gasteiger partial charge >= 0.3 is 0 Å². The largest absolute Gasteiger partial charge is 0.379 e. The lowest BCUT2D eigenvalue weighted by Gasteiger charge is -2.26. The molecule has 2 heterocycles. The first kappa shape index (κ1) is 25.8. The number of para-hydroxylation sites is 2. The molecule has 1 fully saturated rings. The fourth-order valence-corrected chi connectivity index (χ4v) is 5.65. The molecule has 0 spiro atoms. The van der Waals surface area contributed by atoms with E-state index < -0.39 is 0 Å². The maximum Gasteiger partial charge on any atom is 0.237 e. The summed E-state index contributed by atoms with van der Waals surface area (Å²) in [7, 11) is 0. The number of hydrogen-bond acceptors (Lipinski definition) is 5. The van der Waals surface area contributed by atoms with Crippen LogP contribution in [0.25, 0.3) is 16.7 Å². The van der Waals surface area contributed by atoms with Crippen LogP contribution in [-0.2, 0) is 16.0 Å². The first-order chi connectivity index (χ1) is 18.0. The summed E-state index contributed by atoms with van der Waals surface area (Å²) in [6, 6.07) is 22.3. The standard InChI is InChI=1S/C29H31ClN4O2S/c1-20-7-12-25(24(30)19-20)31-28(35)21(2)37-29-32-26-5-3-4-6-27(26)34(29)23-10-8-22(9-11-23)13-14-33-15-17-36-18-16-33/h3-12,19,21H,13-18H2,1-2H3,(H,31,35)/t21-/m1/s1. The summed E-state index contributed by atoms with van der Waals surface area (Å²) in [6.07, 6.45) is 1.01. The molecule has 192 valence electrons. The first-order valence-electron chi connectivity index (χ1n) is 12.6. The molecule has 8 heteroatoms. The summed E-state index contributed by atoms with van der Waals surface area (Å²) < 4.78 is 7.59. The van der Waals surface area contributed by atoms with Crippen molar-refractivity contribution in [3.05, 3.63) is 82.9 Å². The van der Waals surface area contributed by atoms with Gasteiger partial charge in [-0.15, -0.1) is 0 Å². The minimum atomic E-state index is -0.374. The van der Waals surface area contributed by atoms with Gasteiger partial charge in [0.15, 0.2) is 5.16 Å². The monoisotopic (exact) mass is 534 g/mol. The molecule has 1 saturated heterocycles. The van der Waals surface area contributed by atoms with Gasteiger partial charge in [0.05, 0.1) is 40.2 Å². The normalized spacial score (nSPS) is 15.1. The molecular formula is C29H31ClN4O2S. The second-order valence-electron chi connectivity index (χ2n) is 9.32. The van der Waals surface area contributed by atoms with Gasteiger partial charge < -0.3 is 10.1 Å². The molecule has 6 nitrogen and oxygen atoms in total. The van der Waals surface area contributed by atoms with E-state index in [4.69, 9.17) is 21.3 Å². The number of thioether (sulfide) groups is 1. The summed E-state index contributed by atoms with van der Waals surface area (Å²) in [5.74, 6) is -0.118. The highest BCUT2D eigenvalue weighted by molar-refractivity contribution is 8.00. The first-order valence-corrected chi connectivity index (χ1v) is 13.8. The number of aromatic nitrogens is 2. The lowest BCUT2D eigenvalue weighted by Crippen LogP contribution is -2.37. The average molecular weight is 535 g/mol. The van der Waals surface area contributed by atoms with Crippen LogP contribution in [-0.4, -0.2) is 58.5 Å². The number of rotatable bonds is 8. The number of aryl methyl sites for hydroxylation is 1. The highest BCUT2D eigenvalue weighted by Gasteiger charge is 2.21. The van der Waals surface area contributed by atoms with Gasteiger partial charge in [0, 0.05) is 25.3 Å². The molecule has 0 saturated carbocycles. The summed E-state index contributed by atoms with van der Waals surface area (Å²) in [5, 5.41) is 3.90. The van der Waals surface area contributed by atoms with E-state index in [9.17, 15) is 4.79 Å². The van der Waals surface area contributed by atoms with E-state index >= 15 is 0 Å². The van der Waals surface area contributed by atoms with Crippen LogP contribution in [0.5, 0.6) is 0 Å². The zero-order chi connectivity index (χ0) is 25.8. The second-order valence-corrected chi connectivity index (χ2v) is 11.0. The van der Waals surface area contributed by atoms with Crippen LogP contribution < -0.4 is 5.32 Å². The average Bonchev–Trinajstić information content (AvgIpc) is 3.27. The summed E-state index contributed by atoms with van der Waals surface area (Å²) in [6.45, 7) is 8.54. The van der Waals surface area contributed by atoms with Crippen molar-refractivity contribution in [3.63, 3.8) is 0 Å². The molecule has 37 heavy (non-hydrogen) atoms. The Morgan fingerprint density at radius 1 is 1.11 bits per heavy atom. The van der Waals surface area contributed by atoms with Gasteiger partial charge in [-0.05, 0) is 67.8 Å². The molecule has 0 aliphatic carbocycles. The van der Waals surface area contributed by atoms with Gasteiger partial charge in [0.25, 0.3) is 0 Å². The fourth-order valence-electron chi connectivity index (χ4n) is 4.42. The molecule has 0 radical (unpaired) electrons. The van der Waals surface area contributed by atoms with E-state index in [1.54, 1.807) is 0 Å². The van der Waals surface area contributed by atoms with Crippen LogP contribution in [0.15, 0.2) is 71.9 Å². The number of hydrogen-bond donors (Lipinski definition) is 1. The van der Waals surface area contributed by atoms with Crippen molar-refractivity contribution < 1.29 is 9.53 Å². The van der Waals surface area contributed by atoms with Crippen molar-refractivity contribution in [1.82, 2.24) is 14.5 Å². The lowest BCUT2D eigenvalue weighted by atomic mass is 10.1. The zero-order valence-corrected chi connectivity index (χ0v) is 22.7. The Morgan fingerprint density at radius 2 is 1.86 bits per heavy atom. The van der Waals surface area contributed by atoms with Crippen LogP contribution in [0.4, 0.5) is 5.69 Å². The number of carbonyl (C=O) groups excluding carboxylic acids is 1. The number of amides is 1. The third-order valence-electron chi connectivity index (χ3n) is 6.58. The third kappa shape index (κ3) is 6.18. The molecule has 1 aliphatic rings. The van der Waals surface area contributed by atoms with E-state index in [0.29, 0.717) is 10.7 Å². The van der Waals surface area contributed by atoms with Crippen LogP contribution >= 0.6 is 23.4 Å². The minimum absolute atomic E-state index is 0.118. The van der Waals surface area contributed by atoms with Gasteiger partial charge in [-0.1, -0.05) is 53.7 Å². The Hall–Kier alpha value is -2.84. The van der Waals surface area contributed by atoms with Crippen molar-refractivity contribution in [2.45, 2.75) is 30.7 Å². The van der Waals surface area contributed by atoms with Gasteiger partial charge in [-0.3, -0.25) is 14.3 Å². The smallest absolute Gasteiger partial charge is 0.237 e. The van der Waals surface area contributed by atoms with Crippen LogP contribution in [0, 0.1) is 6.92 Å². The predicted octanol–water partition coefficient (Wildman–Crippen LogP) is 5.98. The zero-order valence-electron chi connectivity index (χ0n) is 21.1. The topological polar surface area (TPSA) is 59.4 Å². The Kier molecular flexibility index (Phi) is 8.15. The number of morpholine rings is 1. The van der Waals surface area contributed by atoms with E-state index in [2.05, 4.69) is 45.1 Å². The number of imidazole rings is 1. The summed E-state index contributed by atoms with van der Waals surface area (Å²) >= 11 is 7.77. The number of anilines is 1. The molecule has 1 N–H and O–H groups in total. The molecule has 3 aromatic carbocycles. The SMILES string of the molecule is Cc1ccc(NC(=O)[C@@H](C)Sc2nc3ccccc3n2-c2ccc(CCN3CCOCC3)cc2)c(Cl)c1. The highest BCUT2D eigenvalue weighted by atomic mass is 35.5. The Balaban J connectivity index is 1.34. The van der Waals surface area contributed by atoms with Crippen molar-refractivity contribution in [2.24, 2.45) is 0 Å². The number of carbonyl (C=O) groups is 1. The fraction of sp³-hybridized carbons (Fsp3) is 0.310. The van der Waals surface area contributed by atoms with E-state index in [1.165, 1.54) is 17.3 Å². The van der Waals surface area contributed by atoms with Crippen LogP contribution in [0.3, 0.4) is 0 Å². The summed E-state index contributed by atoms with van der Waals surface area (Å²) in [4.78, 5) is 20.3. The highest BCUT2D eigenvalue weighted by Crippen LogP contribution is 2.32. The second kappa shape index (κ2) is 11.7. The van der Waals surface area contributed by atoms with Crippen molar-refractivity contribution in [1.29, 1.82) is 0 Å². The Bertz CT molecular complexity index is 1380. The molecule has 5 rings (SSSR count). The van der Waals surface area contributed by atoms with E-state index in [-0.39, 0.29) is 11.2 Å². The van der Waals surface area contributed by atoms with Crippen LogP contribution in [0.1, 0.15) is 18.1 Å².